The molecule has 104 valence electrons. The van der Waals surface area contributed by atoms with Gasteiger partial charge in [0.25, 0.3) is 0 Å². The highest BCUT2D eigenvalue weighted by molar-refractivity contribution is 6.30. The van der Waals surface area contributed by atoms with Gasteiger partial charge in [-0.05, 0) is 24.5 Å². The standard InChI is InChI=1S/C17H18ClNO/c1-13-6-5-7-14(12-13)10-11-19-17(20)16(18)15-8-3-2-4-9-15/h2-9,12,16H,10-11H2,1H3,(H,19,20). The zero-order valence-electron chi connectivity index (χ0n) is 11.5. The normalized spacial score (nSPS) is 11.9. The maximum Gasteiger partial charge on any atom is 0.242 e. The molecule has 0 radical (unpaired) electrons. The number of amides is 1. The van der Waals surface area contributed by atoms with Crippen LogP contribution in [0.5, 0.6) is 0 Å². The monoisotopic (exact) mass is 287 g/mol. The maximum atomic E-state index is 12.0. The highest BCUT2D eigenvalue weighted by Gasteiger charge is 2.16. The van der Waals surface area contributed by atoms with Gasteiger partial charge in [-0.15, -0.1) is 11.6 Å². The molecule has 1 N–H and O–H groups in total. The fourth-order valence-electron chi connectivity index (χ4n) is 2.06. The van der Waals surface area contributed by atoms with Gasteiger partial charge in [-0.3, -0.25) is 4.79 Å². The van der Waals surface area contributed by atoms with Crippen molar-refractivity contribution >= 4 is 17.5 Å². The molecule has 3 heteroatoms. The van der Waals surface area contributed by atoms with Crippen LogP contribution < -0.4 is 5.32 Å². The Morgan fingerprint density at radius 2 is 1.90 bits per heavy atom. The first-order chi connectivity index (χ1) is 9.66. The average Bonchev–Trinajstić information content (AvgIpc) is 2.47. The van der Waals surface area contributed by atoms with Crippen LogP contribution in [0.3, 0.4) is 0 Å². The summed E-state index contributed by atoms with van der Waals surface area (Å²) in [5, 5.41) is 2.25. The van der Waals surface area contributed by atoms with Crippen molar-refractivity contribution < 1.29 is 4.79 Å². The number of carbonyl (C=O) groups is 1. The SMILES string of the molecule is Cc1cccc(CCNC(=O)C(Cl)c2ccccc2)c1. The van der Waals surface area contributed by atoms with E-state index in [4.69, 9.17) is 11.6 Å². The zero-order valence-corrected chi connectivity index (χ0v) is 12.2. The third kappa shape index (κ3) is 4.10. The van der Waals surface area contributed by atoms with Crippen molar-refractivity contribution in [1.82, 2.24) is 5.32 Å². The van der Waals surface area contributed by atoms with Gasteiger partial charge in [0, 0.05) is 6.54 Å². The molecule has 0 saturated heterocycles. The summed E-state index contributed by atoms with van der Waals surface area (Å²) in [6.07, 6.45) is 0.811. The number of rotatable bonds is 5. The highest BCUT2D eigenvalue weighted by atomic mass is 35.5. The van der Waals surface area contributed by atoms with Gasteiger partial charge in [0.05, 0.1) is 0 Å². The van der Waals surface area contributed by atoms with Crippen LogP contribution in [0.1, 0.15) is 22.1 Å². The third-order valence-corrected chi connectivity index (χ3v) is 3.57. The van der Waals surface area contributed by atoms with Gasteiger partial charge in [0.15, 0.2) is 0 Å². The van der Waals surface area contributed by atoms with E-state index >= 15 is 0 Å². The molecule has 0 aliphatic heterocycles. The van der Waals surface area contributed by atoms with Crippen molar-refractivity contribution in [3.8, 4) is 0 Å². The Bertz CT molecular complexity index is 568. The number of halogens is 1. The van der Waals surface area contributed by atoms with Gasteiger partial charge in [-0.2, -0.15) is 0 Å². The second-order valence-electron chi connectivity index (χ2n) is 4.80. The van der Waals surface area contributed by atoms with E-state index in [-0.39, 0.29) is 5.91 Å². The molecule has 2 aromatic rings. The van der Waals surface area contributed by atoms with Gasteiger partial charge < -0.3 is 5.32 Å². The molecule has 2 rings (SSSR count). The van der Waals surface area contributed by atoms with E-state index in [2.05, 4.69) is 30.4 Å². The third-order valence-electron chi connectivity index (χ3n) is 3.12. The van der Waals surface area contributed by atoms with Crippen LogP contribution in [0.25, 0.3) is 0 Å². The number of aryl methyl sites for hydroxylation is 1. The predicted molar refractivity (Wildman–Crippen MR) is 82.9 cm³/mol. The summed E-state index contributed by atoms with van der Waals surface area (Å²) in [6.45, 7) is 2.66. The van der Waals surface area contributed by atoms with Crippen LogP contribution in [0.15, 0.2) is 54.6 Å². The van der Waals surface area contributed by atoms with Crippen molar-refractivity contribution in [2.24, 2.45) is 0 Å². The molecule has 1 unspecified atom stereocenters. The van der Waals surface area contributed by atoms with Crippen LogP contribution in [-0.2, 0) is 11.2 Å². The molecule has 0 aliphatic rings. The minimum Gasteiger partial charge on any atom is -0.354 e. The molecule has 1 atom stereocenters. The van der Waals surface area contributed by atoms with Crippen molar-refractivity contribution in [2.45, 2.75) is 18.7 Å². The zero-order chi connectivity index (χ0) is 14.4. The number of alkyl halides is 1. The first-order valence-corrected chi connectivity index (χ1v) is 7.13. The molecule has 20 heavy (non-hydrogen) atoms. The molecule has 2 aromatic carbocycles. The predicted octanol–water partition coefficient (Wildman–Crippen LogP) is 3.63. The lowest BCUT2D eigenvalue weighted by Gasteiger charge is -2.11. The quantitative estimate of drug-likeness (QED) is 0.836. The second kappa shape index (κ2) is 7.11. The summed E-state index contributed by atoms with van der Waals surface area (Å²) in [5.74, 6) is -0.148. The summed E-state index contributed by atoms with van der Waals surface area (Å²) in [4.78, 5) is 12.0. The van der Waals surface area contributed by atoms with E-state index in [9.17, 15) is 4.79 Å². The molecule has 0 fully saturated rings. The number of benzene rings is 2. The van der Waals surface area contributed by atoms with Crippen molar-refractivity contribution in [2.75, 3.05) is 6.54 Å². The van der Waals surface area contributed by atoms with Gasteiger partial charge in [-0.25, -0.2) is 0 Å². The minimum absolute atomic E-state index is 0.148. The fraction of sp³-hybridized carbons (Fsp3) is 0.235. The van der Waals surface area contributed by atoms with Crippen LogP contribution in [0, 0.1) is 6.92 Å². The van der Waals surface area contributed by atoms with Crippen LogP contribution >= 0.6 is 11.6 Å². The smallest absolute Gasteiger partial charge is 0.242 e. The van der Waals surface area contributed by atoms with Crippen molar-refractivity contribution in [3.63, 3.8) is 0 Å². The molecule has 0 bridgehead atoms. The Morgan fingerprint density at radius 3 is 2.60 bits per heavy atom. The summed E-state index contributed by atoms with van der Waals surface area (Å²) in [6, 6.07) is 17.7. The summed E-state index contributed by atoms with van der Waals surface area (Å²) < 4.78 is 0. The molecule has 1 amide bonds. The van der Waals surface area contributed by atoms with Crippen LogP contribution in [-0.4, -0.2) is 12.5 Å². The van der Waals surface area contributed by atoms with Crippen molar-refractivity contribution in [1.29, 1.82) is 0 Å². The second-order valence-corrected chi connectivity index (χ2v) is 5.24. The van der Waals surface area contributed by atoms with Gasteiger partial charge in [0.1, 0.15) is 5.38 Å². The number of hydrogen-bond donors (Lipinski definition) is 1. The number of nitrogens with one attached hydrogen (secondary N) is 1. The van der Waals surface area contributed by atoms with Gasteiger partial charge >= 0.3 is 0 Å². The summed E-state index contributed by atoms with van der Waals surface area (Å²) >= 11 is 6.15. The van der Waals surface area contributed by atoms with E-state index in [0.717, 1.165) is 12.0 Å². The minimum atomic E-state index is -0.631. The van der Waals surface area contributed by atoms with Gasteiger partial charge in [-0.1, -0.05) is 60.2 Å². The lowest BCUT2D eigenvalue weighted by atomic mass is 10.1. The Kier molecular flexibility index (Phi) is 5.19. The fourth-order valence-corrected chi connectivity index (χ4v) is 2.28. The maximum absolute atomic E-state index is 12.0. The molecular formula is C17H18ClNO. The largest absolute Gasteiger partial charge is 0.354 e. The highest BCUT2D eigenvalue weighted by Crippen LogP contribution is 2.19. The van der Waals surface area contributed by atoms with E-state index < -0.39 is 5.38 Å². The lowest BCUT2D eigenvalue weighted by Crippen LogP contribution is -2.28. The van der Waals surface area contributed by atoms with E-state index in [1.165, 1.54) is 11.1 Å². The molecule has 0 aliphatic carbocycles. The van der Waals surface area contributed by atoms with E-state index in [1.807, 2.05) is 36.4 Å². The molecule has 0 saturated carbocycles. The molecule has 0 aromatic heterocycles. The first kappa shape index (κ1) is 14.6. The number of carbonyl (C=O) groups excluding carboxylic acids is 1. The summed E-state index contributed by atoms with van der Waals surface area (Å²) in [5.41, 5.74) is 3.27. The molecular weight excluding hydrogens is 270 g/mol. The molecule has 0 spiro atoms. The van der Waals surface area contributed by atoms with Crippen LogP contribution in [0.4, 0.5) is 0 Å². The van der Waals surface area contributed by atoms with Gasteiger partial charge in [0.2, 0.25) is 5.91 Å². The molecule has 0 heterocycles. The summed E-state index contributed by atoms with van der Waals surface area (Å²) in [7, 11) is 0. The van der Waals surface area contributed by atoms with E-state index in [1.54, 1.807) is 0 Å². The van der Waals surface area contributed by atoms with Crippen molar-refractivity contribution in [3.05, 3.63) is 71.3 Å². The Balaban J connectivity index is 1.83. The topological polar surface area (TPSA) is 29.1 Å². The number of hydrogen-bond acceptors (Lipinski definition) is 1. The average molecular weight is 288 g/mol. The lowest BCUT2D eigenvalue weighted by molar-refractivity contribution is -0.120. The van der Waals surface area contributed by atoms with E-state index in [0.29, 0.717) is 6.54 Å². The Morgan fingerprint density at radius 1 is 1.15 bits per heavy atom. The van der Waals surface area contributed by atoms with Crippen LogP contribution in [0.2, 0.25) is 0 Å². The Hall–Kier alpha value is -1.80. The Labute approximate surface area is 124 Å². The first-order valence-electron chi connectivity index (χ1n) is 6.69. The molecule has 2 nitrogen and oxygen atoms in total.